The Bertz CT molecular complexity index is 718. The summed E-state index contributed by atoms with van der Waals surface area (Å²) < 4.78 is 26.9. The predicted molar refractivity (Wildman–Crippen MR) is 76.9 cm³/mol. The minimum atomic E-state index is -3.68. The Balaban J connectivity index is 2.14. The lowest BCUT2D eigenvalue weighted by Crippen LogP contribution is -2.28. The Morgan fingerprint density at radius 2 is 2.20 bits per heavy atom. The van der Waals surface area contributed by atoms with Crippen LogP contribution in [0.1, 0.15) is 23.4 Å². The summed E-state index contributed by atoms with van der Waals surface area (Å²) in [6.07, 6.45) is 1.69. The first kappa shape index (κ1) is 14.7. The van der Waals surface area contributed by atoms with Crippen LogP contribution < -0.4 is 4.72 Å². The monoisotopic (exact) mass is 307 g/mol. The second kappa shape index (κ2) is 6.13. The molecule has 1 aromatic heterocycles. The van der Waals surface area contributed by atoms with E-state index in [9.17, 15) is 8.42 Å². The van der Waals surface area contributed by atoms with Gasteiger partial charge in [-0.2, -0.15) is 5.26 Å². The highest BCUT2D eigenvalue weighted by atomic mass is 32.2. The molecule has 0 aliphatic rings. The van der Waals surface area contributed by atoms with Gasteiger partial charge in [0.1, 0.15) is 6.07 Å². The summed E-state index contributed by atoms with van der Waals surface area (Å²) in [5.41, 5.74) is 0.141. The molecule has 0 fully saturated rings. The number of nitrogens with zero attached hydrogens (tertiary/aromatic N) is 2. The van der Waals surface area contributed by atoms with Gasteiger partial charge in [0.2, 0.25) is 10.0 Å². The highest BCUT2D eigenvalue weighted by Crippen LogP contribution is 2.18. The van der Waals surface area contributed by atoms with Crippen molar-refractivity contribution in [2.75, 3.05) is 6.54 Å². The van der Waals surface area contributed by atoms with Crippen LogP contribution in [0.4, 0.5) is 0 Å². The molecule has 20 heavy (non-hydrogen) atoms. The Morgan fingerprint density at radius 3 is 2.85 bits per heavy atom. The molecule has 2 rings (SSSR count). The van der Waals surface area contributed by atoms with Crippen LogP contribution in [-0.4, -0.2) is 19.9 Å². The molecular weight excluding hydrogens is 294 g/mol. The molecule has 1 N–H and O–H groups in total. The molecule has 1 unspecified atom stereocenters. The normalized spacial score (nSPS) is 12.8. The van der Waals surface area contributed by atoms with E-state index in [1.165, 1.54) is 23.5 Å². The van der Waals surface area contributed by atoms with Crippen LogP contribution in [0.5, 0.6) is 0 Å². The van der Waals surface area contributed by atoms with E-state index in [0.717, 1.165) is 5.01 Å². The van der Waals surface area contributed by atoms with Crippen molar-refractivity contribution in [2.45, 2.75) is 17.7 Å². The zero-order chi connectivity index (χ0) is 14.6. The van der Waals surface area contributed by atoms with Gasteiger partial charge in [-0.15, -0.1) is 11.3 Å². The van der Waals surface area contributed by atoms with E-state index in [2.05, 4.69) is 9.71 Å². The summed E-state index contributed by atoms with van der Waals surface area (Å²) in [5, 5.41) is 11.7. The molecule has 7 heteroatoms. The van der Waals surface area contributed by atoms with Crippen LogP contribution in [-0.2, 0) is 10.0 Å². The van der Waals surface area contributed by atoms with Gasteiger partial charge in [-0.1, -0.05) is 19.1 Å². The molecule has 0 radical (unpaired) electrons. The van der Waals surface area contributed by atoms with Crippen LogP contribution >= 0.6 is 11.3 Å². The van der Waals surface area contributed by atoms with E-state index in [-0.39, 0.29) is 22.9 Å². The van der Waals surface area contributed by atoms with E-state index in [4.69, 9.17) is 5.26 Å². The van der Waals surface area contributed by atoms with Crippen molar-refractivity contribution in [3.63, 3.8) is 0 Å². The number of hydrogen-bond acceptors (Lipinski definition) is 5. The van der Waals surface area contributed by atoms with Crippen LogP contribution in [0.15, 0.2) is 40.7 Å². The maximum absolute atomic E-state index is 12.2. The summed E-state index contributed by atoms with van der Waals surface area (Å²) in [7, 11) is -3.68. The number of nitriles is 1. The van der Waals surface area contributed by atoms with E-state index < -0.39 is 10.0 Å². The van der Waals surface area contributed by atoms with Gasteiger partial charge in [0.15, 0.2) is 0 Å². The number of hydrogen-bond donors (Lipinski definition) is 1. The Kier molecular flexibility index (Phi) is 4.49. The molecule has 0 saturated heterocycles. The van der Waals surface area contributed by atoms with Crippen molar-refractivity contribution >= 4 is 21.4 Å². The third-order valence-corrected chi connectivity index (χ3v) is 5.24. The highest BCUT2D eigenvalue weighted by Gasteiger charge is 2.19. The van der Waals surface area contributed by atoms with Crippen molar-refractivity contribution in [1.29, 1.82) is 5.26 Å². The van der Waals surface area contributed by atoms with Gasteiger partial charge >= 0.3 is 0 Å². The first-order valence-corrected chi connectivity index (χ1v) is 8.29. The number of sulfonamides is 1. The third-order valence-electron chi connectivity index (χ3n) is 2.75. The van der Waals surface area contributed by atoms with E-state index in [1.54, 1.807) is 18.3 Å². The van der Waals surface area contributed by atoms with Crippen LogP contribution in [0.25, 0.3) is 0 Å². The fourth-order valence-electron chi connectivity index (χ4n) is 1.67. The molecule has 0 aliphatic carbocycles. The van der Waals surface area contributed by atoms with Gasteiger partial charge in [-0.25, -0.2) is 18.1 Å². The van der Waals surface area contributed by atoms with Crippen molar-refractivity contribution in [3.05, 3.63) is 46.4 Å². The topological polar surface area (TPSA) is 82.9 Å². The van der Waals surface area contributed by atoms with E-state index >= 15 is 0 Å². The van der Waals surface area contributed by atoms with Gasteiger partial charge in [-0.3, -0.25) is 0 Å². The second-order valence-corrected chi connectivity index (χ2v) is 6.89. The Morgan fingerprint density at radius 1 is 1.45 bits per heavy atom. The van der Waals surface area contributed by atoms with E-state index in [0.29, 0.717) is 0 Å². The smallest absolute Gasteiger partial charge is 0.241 e. The standard InChI is InChI=1S/C13H13N3O2S2/c1-10(13-15-6-7-19-13)9-16-20(17,18)12-5-3-2-4-11(12)8-14/h2-7,10,16H,9H2,1H3. The zero-order valence-corrected chi connectivity index (χ0v) is 12.4. The largest absolute Gasteiger partial charge is 0.249 e. The van der Waals surface area contributed by atoms with Crippen molar-refractivity contribution < 1.29 is 8.42 Å². The fraction of sp³-hybridized carbons (Fsp3) is 0.231. The minimum absolute atomic E-state index is 0.00818. The molecule has 2 aromatic rings. The van der Waals surface area contributed by atoms with Crippen LogP contribution in [0.2, 0.25) is 0 Å². The molecule has 0 aliphatic heterocycles. The Labute approximate surface area is 122 Å². The molecule has 5 nitrogen and oxygen atoms in total. The number of thiazole rings is 1. The average molecular weight is 307 g/mol. The van der Waals surface area contributed by atoms with Gasteiger partial charge in [0.05, 0.1) is 15.5 Å². The molecule has 1 heterocycles. The van der Waals surface area contributed by atoms with Crippen molar-refractivity contribution in [2.24, 2.45) is 0 Å². The van der Waals surface area contributed by atoms with Crippen molar-refractivity contribution in [3.8, 4) is 6.07 Å². The Hall–Kier alpha value is -1.75. The maximum Gasteiger partial charge on any atom is 0.241 e. The lowest BCUT2D eigenvalue weighted by Gasteiger charge is -2.11. The number of aromatic nitrogens is 1. The fourth-order valence-corrected chi connectivity index (χ4v) is 3.66. The number of nitrogens with one attached hydrogen (secondary N) is 1. The number of rotatable bonds is 5. The van der Waals surface area contributed by atoms with Gasteiger partial charge in [0.25, 0.3) is 0 Å². The highest BCUT2D eigenvalue weighted by molar-refractivity contribution is 7.89. The quantitative estimate of drug-likeness (QED) is 0.917. The predicted octanol–water partition coefficient (Wildman–Crippen LogP) is 2.10. The van der Waals surface area contributed by atoms with E-state index in [1.807, 2.05) is 18.4 Å². The van der Waals surface area contributed by atoms with Crippen molar-refractivity contribution in [1.82, 2.24) is 9.71 Å². The van der Waals surface area contributed by atoms with Gasteiger partial charge in [-0.05, 0) is 12.1 Å². The molecule has 0 amide bonds. The molecule has 1 aromatic carbocycles. The summed E-state index contributed by atoms with van der Waals surface area (Å²) >= 11 is 1.49. The third kappa shape index (κ3) is 3.22. The lowest BCUT2D eigenvalue weighted by molar-refractivity contribution is 0.574. The second-order valence-electron chi connectivity index (χ2n) is 4.23. The summed E-state index contributed by atoms with van der Waals surface area (Å²) in [6.45, 7) is 2.15. The summed E-state index contributed by atoms with van der Waals surface area (Å²) in [5.74, 6) is -0.0148. The SMILES string of the molecule is CC(CNS(=O)(=O)c1ccccc1C#N)c1nccs1. The lowest BCUT2D eigenvalue weighted by atomic mass is 10.2. The molecule has 0 spiro atoms. The first-order valence-electron chi connectivity index (χ1n) is 5.93. The molecular formula is C13H13N3O2S2. The van der Waals surface area contributed by atoms with Gasteiger partial charge < -0.3 is 0 Å². The number of benzene rings is 1. The average Bonchev–Trinajstić information content (AvgIpc) is 2.99. The molecule has 0 bridgehead atoms. The van der Waals surface area contributed by atoms with Crippen LogP contribution in [0, 0.1) is 11.3 Å². The minimum Gasteiger partial charge on any atom is -0.249 e. The molecule has 104 valence electrons. The van der Waals surface area contributed by atoms with Crippen LogP contribution in [0.3, 0.4) is 0 Å². The molecule has 1 atom stereocenters. The zero-order valence-electron chi connectivity index (χ0n) is 10.8. The first-order chi connectivity index (χ1) is 9.54. The molecule has 0 saturated carbocycles. The summed E-state index contributed by atoms with van der Waals surface area (Å²) in [4.78, 5) is 4.16. The summed E-state index contributed by atoms with van der Waals surface area (Å²) in [6, 6.07) is 8.03. The van der Waals surface area contributed by atoms with Gasteiger partial charge in [0, 0.05) is 24.0 Å². The maximum atomic E-state index is 12.2.